The highest BCUT2D eigenvalue weighted by Gasteiger charge is 2.24. The van der Waals surface area contributed by atoms with Gasteiger partial charge in [-0.1, -0.05) is 19.1 Å². The number of piperazine rings is 1. The molecule has 0 saturated carbocycles. The number of allylic oxidation sites excluding steroid dienone is 4. The summed E-state index contributed by atoms with van der Waals surface area (Å²) >= 11 is 0. The van der Waals surface area contributed by atoms with Gasteiger partial charge < -0.3 is 15.0 Å². The summed E-state index contributed by atoms with van der Waals surface area (Å²) in [6.45, 7) is 8.08. The van der Waals surface area contributed by atoms with Crippen LogP contribution in [0.4, 0.5) is 0 Å². The van der Waals surface area contributed by atoms with E-state index >= 15 is 0 Å². The maximum atomic E-state index is 13.2. The molecule has 1 saturated heterocycles. The molecule has 1 unspecified atom stereocenters. The fourth-order valence-electron chi connectivity index (χ4n) is 4.16. The van der Waals surface area contributed by atoms with Gasteiger partial charge in [0.1, 0.15) is 5.75 Å². The van der Waals surface area contributed by atoms with Crippen molar-refractivity contribution in [3.63, 3.8) is 0 Å². The predicted octanol–water partition coefficient (Wildman–Crippen LogP) is 3.46. The third kappa shape index (κ3) is 4.01. The Balaban J connectivity index is 1.65. The van der Waals surface area contributed by atoms with Gasteiger partial charge in [0.2, 0.25) is 0 Å². The van der Waals surface area contributed by atoms with Crippen LogP contribution in [-0.2, 0) is 4.79 Å². The van der Waals surface area contributed by atoms with Gasteiger partial charge in [-0.3, -0.25) is 9.69 Å². The molecule has 0 spiro atoms. The minimum absolute atomic E-state index is 0.00301. The molecular weight excluding hydrogens is 362 g/mol. The summed E-state index contributed by atoms with van der Waals surface area (Å²) in [5, 5.41) is 3.38. The maximum Gasteiger partial charge on any atom is 0.255 e. The highest BCUT2D eigenvalue weighted by molar-refractivity contribution is 5.98. The van der Waals surface area contributed by atoms with Crippen LogP contribution in [0, 0.1) is 12.8 Å². The highest BCUT2D eigenvalue weighted by Crippen LogP contribution is 2.33. The van der Waals surface area contributed by atoms with Crippen molar-refractivity contribution in [1.29, 1.82) is 0 Å². The first-order chi connectivity index (χ1) is 14.1. The zero-order valence-corrected chi connectivity index (χ0v) is 17.4. The lowest BCUT2D eigenvalue weighted by Gasteiger charge is -2.34. The van der Waals surface area contributed by atoms with Crippen molar-refractivity contribution in [2.45, 2.75) is 20.3 Å². The molecule has 1 N–H and O–H groups in total. The van der Waals surface area contributed by atoms with Crippen LogP contribution < -0.4 is 10.1 Å². The van der Waals surface area contributed by atoms with Gasteiger partial charge in [0.05, 0.1) is 12.8 Å². The van der Waals surface area contributed by atoms with Gasteiger partial charge in [0, 0.05) is 44.2 Å². The van der Waals surface area contributed by atoms with Crippen molar-refractivity contribution in [3.8, 4) is 5.75 Å². The molecule has 3 aliphatic rings. The number of amides is 1. The van der Waals surface area contributed by atoms with Crippen molar-refractivity contribution in [3.05, 3.63) is 71.2 Å². The molecule has 4 rings (SSSR count). The third-order valence-electron chi connectivity index (χ3n) is 5.90. The van der Waals surface area contributed by atoms with Crippen molar-refractivity contribution >= 4 is 11.5 Å². The molecule has 1 aromatic carbocycles. The van der Waals surface area contributed by atoms with Crippen LogP contribution in [0.2, 0.25) is 0 Å². The molecule has 1 fully saturated rings. The number of benzene rings is 1. The van der Waals surface area contributed by atoms with Gasteiger partial charge in [0.15, 0.2) is 0 Å². The fraction of sp³-hybridized carbons (Fsp3) is 0.375. The lowest BCUT2D eigenvalue weighted by Crippen LogP contribution is -2.43. The molecule has 5 nitrogen and oxygen atoms in total. The van der Waals surface area contributed by atoms with Crippen LogP contribution in [0.25, 0.3) is 5.57 Å². The third-order valence-corrected chi connectivity index (χ3v) is 5.90. The van der Waals surface area contributed by atoms with Crippen LogP contribution in [-0.4, -0.2) is 49.0 Å². The number of aryl methyl sites for hydroxylation is 1. The molecule has 0 aliphatic carbocycles. The minimum atomic E-state index is 0.00301. The van der Waals surface area contributed by atoms with E-state index in [4.69, 9.17) is 4.74 Å². The van der Waals surface area contributed by atoms with Crippen LogP contribution in [0.15, 0.2) is 60.1 Å². The van der Waals surface area contributed by atoms with E-state index in [-0.39, 0.29) is 11.8 Å². The first kappa shape index (κ1) is 19.5. The first-order valence-electron chi connectivity index (χ1n) is 10.3. The number of carbonyl (C=O) groups excluding carboxylic acids is 1. The molecule has 1 amide bonds. The Hall–Kier alpha value is -2.79. The largest absolute Gasteiger partial charge is 0.496 e. The van der Waals surface area contributed by atoms with E-state index in [0.29, 0.717) is 0 Å². The second-order valence-electron chi connectivity index (χ2n) is 7.88. The predicted molar refractivity (Wildman–Crippen MR) is 116 cm³/mol. The van der Waals surface area contributed by atoms with Crippen molar-refractivity contribution in [2.75, 3.05) is 33.3 Å². The smallest absolute Gasteiger partial charge is 0.255 e. The van der Waals surface area contributed by atoms with E-state index < -0.39 is 0 Å². The number of nitrogens with one attached hydrogen (secondary N) is 1. The van der Waals surface area contributed by atoms with Crippen LogP contribution in [0.5, 0.6) is 5.75 Å². The fourth-order valence-corrected chi connectivity index (χ4v) is 4.16. The summed E-state index contributed by atoms with van der Waals surface area (Å²) in [4.78, 5) is 17.4. The van der Waals surface area contributed by atoms with E-state index in [1.807, 2.05) is 31.3 Å². The number of fused-ring (bicyclic) bond motifs is 1. The van der Waals surface area contributed by atoms with E-state index in [9.17, 15) is 4.79 Å². The van der Waals surface area contributed by atoms with Gasteiger partial charge in [0.25, 0.3) is 5.91 Å². The van der Waals surface area contributed by atoms with Crippen LogP contribution >= 0.6 is 0 Å². The van der Waals surface area contributed by atoms with Gasteiger partial charge in [-0.15, -0.1) is 0 Å². The number of methoxy groups -OCH3 is 1. The quantitative estimate of drug-likeness (QED) is 0.857. The van der Waals surface area contributed by atoms with Gasteiger partial charge in [-0.2, -0.15) is 0 Å². The zero-order chi connectivity index (χ0) is 20.4. The summed E-state index contributed by atoms with van der Waals surface area (Å²) in [6.07, 6.45) is 11.1. The zero-order valence-electron chi connectivity index (χ0n) is 17.4. The molecule has 1 aromatic rings. The number of hydrogen-bond donors (Lipinski definition) is 1. The molecule has 152 valence electrons. The topological polar surface area (TPSA) is 44.8 Å². The SMILES string of the molecule is COc1ccc(C2=CC(=O)N3C=C(N4CCNCC4)C=CC3=CCC2C)cc1C. The Kier molecular flexibility index (Phi) is 5.58. The van der Waals surface area contributed by atoms with Gasteiger partial charge >= 0.3 is 0 Å². The highest BCUT2D eigenvalue weighted by atomic mass is 16.5. The Morgan fingerprint density at radius 3 is 2.62 bits per heavy atom. The lowest BCUT2D eigenvalue weighted by atomic mass is 9.88. The van der Waals surface area contributed by atoms with E-state index in [1.54, 1.807) is 12.0 Å². The number of nitrogens with zero attached hydrogens (tertiary/aromatic N) is 2. The maximum absolute atomic E-state index is 13.2. The van der Waals surface area contributed by atoms with E-state index in [1.165, 1.54) is 0 Å². The minimum Gasteiger partial charge on any atom is -0.496 e. The lowest BCUT2D eigenvalue weighted by molar-refractivity contribution is -0.122. The summed E-state index contributed by atoms with van der Waals surface area (Å²) in [5.74, 6) is 1.13. The number of hydrogen-bond acceptors (Lipinski definition) is 4. The Morgan fingerprint density at radius 2 is 1.90 bits per heavy atom. The average molecular weight is 392 g/mol. The second-order valence-corrected chi connectivity index (χ2v) is 7.88. The monoisotopic (exact) mass is 391 g/mol. The molecule has 0 aromatic heterocycles. The Labute approximate surface area is 173 Å². The molecule has 0 bridgehead atoms. The Morgan fingerprint density at radius 1 is 1.14 bits per heavy atom. The summed E-state index contributed by atoms with van der Waals surface area (Å²) in [5.41, 5.74) is 5.29. The normalized spacial score (nSPS) is 22.2. The Bertz CT molecular complexity index is 920. The number of carbonyl (C=O) groups is 1. The second kappa shape index (κ2) is 8.29. The molecule has 5 heteroatoms. The molecule has 0 radical (unpaired) electrons. The molecule has 1 atom stereocenters. The van der Waals surface area contributed by atoms with Crippen molar-refractivity contribution < 1.29 is 9.53 Å². The molecule has 29 heavy (non-hydrogen) atoms. The average Bonchev–Trinajstić information content (AvgIpc) is 2.75. The standard InChI is InChI=1S/C24H29N3O2/c1-17-4-6-20-7-8-21(26-12-10-25-11-13-26)16-27(20)24(28)15-22(17)19-5-9-23(29-3)18(2)14-19/h5-9,14-17,25H,4,10-13H2,1-3H3. The van der Waals surface area contributed by atoms with Gasteiger partial charge in [-0.05, 0) is 60.2 Å². The molecule has 3 heterocycles. The summed E-state index contributed by atoms with van der Waals surface area (Å²) in [6, 6.07) is 6.14. The summed E-state index contributed by atoms with van der Waals surface area (Å²) in [7, 11) is 1.68. The van der Waals surface area contributed by atoms with Gasteiger partial charge in [-0.25, -0.2) is 0 Å². The van der Waals surface area contributed by atoms with Crippen molar-refractivity contribution in [2.24, 2.45) is 5.92 Å². The number of rotatable bonds is 3. The first-order valence-corrected chi connectivity index (χ1v) is 10.3. The molecule has 3 aliphatic heterocycles. The van der Waals surface area contributed by atoms with E-state index in [2.05, 4.69) is 41.4 Å². The molecular formula is C24H29N3O2. The van der Waals surface area contributed by atoms with E-state index in [0.717, 1.165) is 66.4 Å². The summed E-state index contributed by atoms with van der Waals surface area (Å²) < 4.78 is 5.39. The van der Waals surface area contributed by atoms with Crippen LogP contribution in [0.1, 0.15) is 24.5 Å². The van der Waals surface area contributed by atoms with Crippen molar-refractivity contribution in [1.82, 2.24) is 15.1 Å². The van der Waals surface area contributed by atoms with Crippen LogP contribution in [0.3, 0.4) is 0 Å². The number of ether oxygens (including phenoxy) is 1.